The van der Waals surface area contributed by atoms with Crippen molar-refractivity contribution in [3.05, 3.63) is 34.0 Å². The number of aldehydes is 1. The molecule has 0 radical (unpaired) electrons. The fraction of sp³-hybridized carbons (Fsp3) is 0. The van der Waals surface area contributed by atoms with Gasteiger partial charge in [-0.3, -0.25) is 9.79 Å². The largest absolute Gasteiger partial charge is 0.296 e. The summed E-state index contributed by atoms with van der Waals surface area (Å²) in [5.41, 5.74) is 2.40. The van der Waals surface area contributed by atoms with Gasteiger partial charge >= 0.3 is 0 Å². The zero-order valence-electron chi connectivity index (χ0n) is 7.27. The molecule has 2 heterocycles. The van der Waals surface area contributed by atoms with Crippen LogP contribution in [0.2, 0.25) is 0 Å². The highest BCUT2D eigenvalue weighted by Crippen LogP contribution is 2.12. The van der Waals surface area contributed by atoms with Gasteiger partial charge in [0.1, 0.15) is 5.70 Å². The van der Waals surface area contributed by atoms with E-state index < -0.39 is 0 Å². The van der Waals surface area contributed by atoms with Gasteiger partial charge in [-0.1, -0.05) is 6.07 Å². The van der Waals surface area contributed by atoms with Crippen LogP contribution in [0.3, 0.4) is 0 Å². The van der Waals surface area contributed by atoms with E-state index in [1.165, 1.54) is 0 Å². The summed E-state index contributed by atoms with van der Waals surface area (Å²) in [6.45, 7) is 0. The van der Waals surface area contributed by atoms with Crippen LogP contribution >= 0.6 is 0 Å². The SMILES string of the molecule is O=CC1=Cc2ccc3c(c2=N1)=CC=N3. The van der Waals surface area contributed by atoms with E-state index in [9.17, 15) is 4.79 Å². The van der Waals surface area contributed by atoms with Gasteiger partial charge in [-0.15, -0.1) is 0 Å². The van der Waals surface area contributed by atoms with E-state index >= 15 is 0 Å². The summed E-state index contributed by atoms with van der Waals surface area (Å²) in [5, 5.41) is 1.87. The van der Waals surface area contributed by atoms with E-state index in [0.717, 1.165) is 28.1 Å². The highest BCUT2D eigenvalue weighted by molar-refractivity contribution is 5.97. The Bertz CT molecular complexity index is 609. The van der Waals surface area contributed by atoms with Crippen LogP contribution in [-0.2, 0) is 4.79 Å². The number of nitrogens with zero attached hydrogens (tertiary/aromatic N) is 2. The standard InChI is InChI=1S/C11H6N2O/c14-6-8-5-7-1-2-10-9(3-4-12-10)11(7)13-8/h1-6H. The van der Waals surface area contributed by atoms with Gasteiger partial charge in [0, 0.05) is 17.0 Å². The second-order valence-electron chi connectivity index (χ2n) is 3.18. The van der Waals surface area contributed by atoms with Crippen LogP contribution in [-0.4, -0.2) is 12.5 Å². The second-order valence-corrected chi connectivity index (χ2v) is 3.18. The van der Waals surface area contributed by atoms with Crippen LogP contribution in [0.5, 0.6) is 0 Å². The van der Waals surface area contributed by atoms with Crippen LogP contribution in [0.25, 0.3) is 12.2 Å². The minimum absolute atomic E-state index is 0.480. The minimum Gasteiger partial charge on any atom is -0.296 e. The Hall–Kier alpha value is -2.03. The highest BCUT2D eigenvalue weighted by Gasteiger charge is 2.09. The Morgan fingerprint density at radius 1 is 1.29 bits per heavy atom. The number of carbonyl (C=O) groups is 1. The van der Waals surface area contributed by atoms with Gasteiger partial charge in [-0.2, -0.15) is 0 Å². The molecule has 0 unspecified atom stereocenters. The van der Waals surface area contributed by atoms with Gasteiger partial charge in [0.25, 0.3) is 0 Å². The number of fused-ring (bicyclic) bond motifs is 3. The first kappa shape index (κ1) is 7.38. The van der Waals surface area contributed by atoms with Crippen LogP contribution in [0.15, 0.2) is 27.8 Å². The van der Waals surface area contributed by atoms with Crippen molar-refractivity contribution in [2.24, 2.45) is 9.98 Å². The quantitative estimate of drug-likeness (QED) is 0.578. The van der Waals surface area contributed by atoms with Crippen LogP contribution < -0.4 is 10.6 Å². The molecule has 3 nitrogen and oxygen atoms in total. The molecule has 14 heavy (non-hydrogen) atoms. The maximum atomic E-state index is 10.6. The Morgan fingerprint density at radius 2 is 2.21 bits per heavy atom. The lowest BCUT2D eigenvalue weighted by Gasteiger charge is -1.92. The first-order valence-corrected chi connectivity index (χ1v) is 4.31. The van der Waals surface area contributed by atoms with Gasteiger partial charge in [0.2, 0.25) is 0 Å². The highest BCUT2D eigenvalue weighted by atomic mass is 16.1. The third-order valence-corrected chi connectivity index (χ3v) is 2.35. The van der Waals surface area contributed by atoms with E-state index in [0.29, 0.717) is 5.70 Å². The summed E-state index contributed by atoms with van der Waals surface area (Å²) < 4.78 is 0. The Morgan fingerprint density at radius 3 is 3.07 bits per heavy atom. The molecule has 0 amide bonds. The van der Waals surface area contributed by atoms with Gasteiger partial charge < -0.3 is 0 Å². The van der Waals surface area contributed by atoms with E-state index in [-0.39, 0.29) is 0 Å². The molecule has 66 valence electrons. The molecule has 0 saturated heterocycles. The molecular weight excluding hydrogens is 176 g/mol. The molecule has 0 fully saturated rings. The Kier molecular flexibility index (Phi) is 1.31. The van der Waals surface area contributed by atoms with Crippen molar-refractivity contribution in [1.29, 1.82) is 0 Å². The third kappa shape index (κ3) is 0.836. The van der Waals surface area contributed by atoms with Crippen molar-refractivity contribution < 1.29 is 4.79 Å². The number of hydrogen-bond acceptors (Lipinski definition) is 3. The molecule has 1 aromatic rings. The molecule has 0 N–H and O–H groups in total. The van der Waals surface area contributed by atoms with E-state index in [1.807, 2.05) is 18.2 Å². The molecule has 0 aliphatic carbocycles. The number of aliphatic imine (C=N–C) groups is 1. The molecule has 3 heteroatoms. The summed E-state index contributed by atoms with van der Waals surface area (Å²) in [6, 6.07) is 3.87. The van der Waals surface area contributed by atoms with E-state index in [1.54, 1.807) is 12.3 Å². The van der Waals surface area contributed by atoms with Crippen LogP contribution in [0.4, 0.5) is 5.69 Å². The second kappa shape index (κ2) is 2.48. The van der Waals surface area contributed by atoms with Gasteiger partial charge in [-0.25, -0.2) is 4.99 Å². The summed E-state index contributed by atoms with van der Waals surface area (Å²) in [4.78, 5) is 19.0. The van der Waals surface area contributed by atoms with Crippen molar-refractivity contribution in [1.82, 2.24) is 0 Å². The smallest absolute Gasteiger partial charge is 0.168 e. The Balaban J connectivity index is 2.42. The topological polar surface area (TPSA) is 41.8 Å². The van der Waals surface area contributed by atoms with Gasteiger partial charge in [0.15, 0.2) is 6.29 Å². The van der Waals surface area contributed by atoms with Crippen molar-refractivity contribution in [3.8, 4) is 0 Å². The van der Waals surface area contributed by atoms with Crippen molar-refractivity contribution in [2.75, 3.05) is 0 Å². The number of hydrogen-bond donors (Lipinski definition) is 0. The number of allylic oxidation sites excluding steroid dienone is 1. The normalized spacial score (nSPS) is 15.3. The maximum absolute atomic E-state index is 10.6. The molecule has 2 aliphatic rings. The first-order valence-electron chi connectivity index (χ1n) is 4.31. The monoisotopic (exact) mass is 182 g/mol. The first-order chi connectivity index (χ1) is 6.88. The third-order valence-electron chi connectivity index (χ3n) is 2.35. The van der Waals surface area contributed by atoms with E-state index in [4.69, 9.17) is 0 Å². The zero-order valence-corrected chi connectivity index (χ0v) is 7.27. The van der Waals surface area contributed by atoms with Crippen LogP contribution in [0.1, 0.15) is 5.56 Å². The minimum atomic E-state index is 0.480. The maximum Gasteiger partial charge on any atom is 0.168 e. The van der Waals surface area contributed by atoms with Gasteiger partial charge in [-0.05, 0) is 18.2 Å². The summed E-state index contributed by atoms with van der Waals surface area (Å²) in [5.74, 6) is 0. The molecule has 0 spiro atoms. The van der Waals surface area contributed by atoms with Crippen LogP contribution in [0, 0.1) is 0 Å². The molecule has 0 bridgehead atoms. The fourth-order valence-corrected chi connectivity index (χ4v) is 1.71. The lowest BCUT2D eigenvalue weighted by molar-refractivity contribution is -0.104. The fourth-order valence-electron chi connectivity index (χ4n) is 1.71. The number of carbonyl (C=O) groups excluding carboxylic acids is 1. The van der Waals surface area contributed by atoms with Gasteiger partial charge in [0.05, 0.1) is 11.0 Å². The molecule has 0 atom stereocenters. The molecule has 2 aliphatic heterocycles. The Labute approximate surface area is 79.8 Å². The molecular formula is C11H6N2O. The van der Waals surface area contributed by atoms with E-state index in [2.05, 4.69) is 9.98 Å². The predicted molar refractivity (Wildman–Crippen MR) is 53.9 cm³/mol. The molecule has 0 aromatic heterocycles. The number of rotatable bonds is 1. The molecule has 0 saturated carbocycles. The summed E-state index contributed by atoms with van der Waals surface area (Å²) in [7, 11) is 0. The molecule has 1 aromatic carbocycles. The lowest BCUT2D eigenvalue weighted by atomic mass is 10.1. The average molecular weight is 182 g/mol. The van der Waals surface area contributed by atoms with Crippen molar-refractivity contribution in [2.45, 2.75) is 0 Å². The summed E-state index contributed by atoms with van der Waals surface area (Å²) >= 11 is 0. The zero-order chi connectivity index (χ0) is 9.54. The average Bonchev–Trinajstić information content (AvgIpc) is 2.82. The van der Waals surface area contributed by atoms with Crippen molar-refractivity contribution >= 4 is 30.3 Å². The number of benzene rings is 1. The van der Waals surface area contributed by atoms with Crippen molar-refractivity contribution in [3.63, 3.8) is 0 Å². The predicted octanol–water partition coefficient (Wildman–Crippen LogP) is 0.356. The summed E-state index contributed by atoms with van der Waals surface area (Å²) in [6.07, 6.45) is 6.22. The lowest BCUT2D eigenvalue weighted by Crippen LogP contribution is -2.25. The molecule has 3 rings (SSSR count).